The third kappa shape index (κ3) is 3.71. The van der Waals surface area contributed by atoms with Crippen molar-refractivity contribution in [3.8, 4) is 5.88 Å². The van der Waals surface area contributed by atoms with Gasteiger partial charge in [0, 0.05) is 35.4 Å². The summed E-state index contributed by atoms with van der Waals surface area (Å²) >= 11 is 6.10. The average Bonchev–Trinajstić information content (AvgIpc) is 3.29. The van der Waals surface area contributed by atoms with Crippen LogP contribution in [0.15, 0.2) is 42.6 Å². The molecule has 104 valence electrons. The van der Waals surface area contributed by atoms with Gasteiger partial charge in [-0.1, -0.05) is 29.8 Å². The van der Waals surface area contributed by atoms with E-state index in [0.717, 1.165) is 17.1 Å². The highest BCUT2D eigenvalue weighted by atomic mass is 35.5. The van der Waals surface area contributed by atoms with Gasteiger partial charge in [-0.3, -0.25) is 0 Å². The van der Waals surface area contributed by atoms with Crippen LogP contribution in [0.25, 0.3) is 0 Å². The second kappa shape index (κ2) is 6.25. The van der Waals surface area contributed by atoms with Gasteiger partial charge < -0.3 is 10.1 Å². The highest BCUT2D eigenvalue weighted by Gasteiger charge is 2.19. The molecule has 1 aromatic heterocycles. The Morgan fingerprint density at radius 2 is 2.10 bits per heavy atom. The zero-order valence-electron chi connectivity index (χ0n) is 11.2. The Balaban J connectivity index is 1.59. The molecule has 2 aromatic rings. The lowest BCUT2D eigenvalue weighted by atomic mass is 10.2. The lowest BCUT2D eigenvalue weighted by Crippen LogP contribution is -2.15. The fraction of sp³-hybridized carbons (Fsp3) is 0.312. The number of rotatable bonds is 6. The summed E-state index contributed by atoms with van der Waals surface area (Å²) < 4.78 is 5.71. The van der Waals surface area contributed by atoms with Gasteiger partial charge in [0.25, 0.3) is 0 Å². The first-order valence-corrected chi connectivity index (χ1v) is 7.23. The fourth-order valence-corrected chi connectivity index (χ4v) is 2.15. The fourth-order valence-electron chi connectivity index (χ4n) is 1.96. The number of halogens is 1. The molecule has 0 saturated heterocycles. The summed E-state index contributed by atoms with van der Waals surface area (Å²) in [6, 6.07) is 12.4. The van der Waals surface area contributed by atoms with Crippen molar-refractivity contribution in [3.05, 3.63) is 58.7 Å². The summed E-state index contributed by atoms with van der Waals surface area (Å²) in [7, 11) is 0. The van der Waals surface area contributed by atoms with Crippen LogP contribution in [0.1, 0.15) is 24.0 Å². The minimum atomic E-state index is 0.437. The molecule has 1 fully saturated rings. The van der Waals surface area contributed by atoms with Gasteiger partial charge >= 0.3 is 0 Å². The van der Waals surface area contributed by atoms with E-state index >= 15 is 0 Å². The summed E-state index contributed by atoms with van der Waals surface area (Å²) in [6.07, 6.45) is 4.37. The molecule has 0 bridgehead atoms. The highest BCUT2D eigenvalue weighted by Crippen LogP contribution is 2.20. The summed E-state index contributed by atoms with van der Waals surface area (Å²) in [5.74, 6) is 0.639. The van der Waals surface area contributed by atoms with Crippen molar-refractivity contribution in [1.82, 2.24) is 10.3 Å². The van der Waals surface area contributed by atoms with E-state index in [2.05, 4.69) is 10.3 Å². The van der Waals surface area contributed by atoms with E-state index in [1.165, 1.54) is 18.4 Å². The number of pyridine rings is 1. The van der Waals surface area contributed by atoms with E-state index < -0.39 is 0 Å². The van der Waals surface area contributed by atoms with Crippen LogP contribution in [0.3, 0.4) is 0 Å². The normalized spacial score (nSPS) is 14.2. The largest absolute Gasteiger partial charge is 0.473 e. The molecular formula is C16H17ClN2O. The first-order valence-electron chi connectivity index (χ1n) is 6.86. The lowest BCUT2D eigenvalue weighted by Gasteiger charge is -2.08. The van der Waals surface area contributed by atoms with E-state index in [9.17, 15) is 0 Å². The summed E-state index contributed by atoms with van der Waals surface area (Å²) in [5.41, 5.74) is 2.17. The molecule has 1 heterocycles. The van der Waals surface area contributed by atoms with Crippen LogP contribution in [0, 0.1) is 0 Å². The molecule has 0 aliphatic heterocycles. The highest BCUT2D eigenvalue weighted by molar-refractivity contribution is 6.31. The molecule has 20 heavy (non-hydrogen) atoms. The maximum Gasteiger partial charge on any atom is 0.213 e. The Morgan fingerprint density at radius 1 is 1.25 bits per heavy atom. The Morgan fingerprint density at radius 3 is 2.90 bits per heavy atom. The molecule has 1 aromatic carbocycles. The number of hydrogen-bond donors (Lipinski definition) is 1. The number of nitrogens with one attached hydrogen (secondary N) is 1. The number of ether oxygens (including phenoxy) is 1. The van der Waals surface area contributed by atoms with Gasteiger partial charge in [0.1, 0.15) is 6.61 Å². The predicted molar refractivity (Wildman–Crippen MR) is 79.9 cm³/mol. The minimum Gasteiger partial charge on any atom is -0.473 e. The molecule has 4 heteroatoms. The van der Waals surface area contributed by atoms with Gasteiger partial charge in [-0.2, -0.15) is 0 Å². The Hall–Kier alpha value is -1.58. The molecule has 3 rings (SSSR count). The first-order chi connectivity index (χ1) is 9.81. The van der Waals surface area contributed by atoms with Crippen LogP contribution in [0.2, 0.25) is 5.02 Å². The van der Waals surface area contributed by atoms with Gasteiger partial charge in [-0.05, 0) is 30.5 Å². The van der Waals surface area contributed by atoms with E-state index in [0.29, 0.717) is 18.5 Å². The maximum atomic E-state index is 6.10. The first kappa shape index (κ1) is 13.4. The van der Waals surface area contributed by atoms with E-state index in [4.69, 9.17) is 16.3 Å². The van der Waals surface area contributed by atoms with Crippen molar-refractivity contribution in [2.45, 2.75) is 32.0 Å². The Bertz CT molecular complexity index is 584. The van der Waals surface area contributed by atoms with Crippen molar-refractivity contribution in [1.29, 1.82) is 0 Å². The van der Waals surface area contributed by atoms with Gasteiger partial charge in [0.05, 0.1) is 0 Å². The lowest BCUT2D eigenvalue weighted by molar-refractivity contribution is 0.293. The number of hydrogen-bond acceptors (Lipinski definition) is 3. The molecule has 0 atom stereocenters. The second-order valence-electron chi connectivity index (χ2n) is 5.04. The van der Waals surface area contributed by atoms with Crippen LogP contribution < -0.4 is 10.1 Å². The quantitative estimate of drug-likeness (QED) is 0.882. The van der Waals surface area contributed by atoms with Gasteiger partial charge in [-0.25, -0.2) is 4.98 Å². The van der Waals surface area contributed by atoms with Crippen molar-refractivity contribution in [2.75, 3.05) is 0 Å². The third-order valence-electron chi connectivity index (χ3n) is 3.30. The minimum absolute atomic E-state index is 0.437. The SMILES string of the molecule is Clc1ccccc1COc1cc(CNC2CC2)ccn1. The maximum absolute atomic E-state index is 6.10. The van der Waals surface area contributed by atoms with Crippen LogP contribution in [0.4, 0.5) is 0 Å². The third-order valence-corrected chi connectivity index (χ3v) is 3.67. The summed E-state index contributed by atoms with van der Waals surface area (Å²) in [4.78, 5) is 4.23. The van der Waals surface area contributed by atoms with Gasteiger partial charge in [-0.15, -0.1) is 0 Å². The van der Waals surface area contributed by atoms with Crippen LogP contribution >= 0.6 is 11.6 Å². The molecule has 3 nitrogen and oxygen atoms in total. The summed E-state index contributed by atoms with van der Waals surface area (Å²) in [5, 5.41) is 4.20. The monoisotopic (exact) mass is 288 g/mol. The van der Waals surface area contributed by atoms with Crippen molar-refractivity contribution < 1.29 is 4.74 Å². The van der Waals surface area contributed by atoms with Gasteiger partial charge in [0.15, 0.2) is 0 Å². The Labute approximate surface area is 123 Å². The molecule has 1 aliphatic rings. The zero-order valence-corrected chi connectivity index (χ0v) is 11.9. The topological polar surface area (TPSA) is 34.1 Å². The van der Waals surface area contributed by atoms with E-state index in [-0.39, 0.29) is 0 Å². The number of aromatic nitrogens is 1. The second-order valence-corrected chi connectivity index (χ2v) is 5.44. The molecule has 0 radical (unpaired) electrons. The predicted octanol–water partition coefficient (Wildman–Crippen LogP) is 3.57. The number of benzene rings is 1. The van der Waals surface area contributed by atoms with E-state index in [1.807, 2.05) is 36.4 Å². The smallest absolute Gasteiger partial charge is 0.213 e. The van der Waals surface area contributed by atoms with E-state index in [1.54, 1.807) is 6.20 Å². The van der Waals surface area contributed by atoms with Crippen molar-refractivity contribution >= 4 is 11.6 Å². The molecule has 0 unspecified atom stereocenters. The molecule has 1 N–H and O–H groups in total. The van der Waals surface area contributed by atoms with Crippen molar-refractivity contribution in [3.63, 3.8) is 0 Å². The molecule has 1 aliphatic carbocycles. The number of nitrogens with zero attached hydrogens (tertiary/aromatic N) is 1. The van der Waals surface area contributed by atoms with Crippen LogP contribution in [-0.4, -0.2) is 11.0 Å². The van der Waals surface area contributed by atoms with Crippen LogP contribution in [0.5, 0.6) is 5.88 Å². The standard InChI is InChI=1S/C16H17ClN2O/c17-15-4-2-1-3-13(15)11-20-16-9-12(7-8-18-16)10-19-14-5-6-14/h1-4,7-9,14,19H,5-6,10-11H2. The molecule has 1 saturated carbocycles. The summed E-state index contributed by atoms with van der Waals surface area (Å²) in [6.45, 7) is 1.31. The molecular weight excluding hydrogens is 272 g/mol. The molecule has 0 spiro atoms. The van der Waals surface area contributed by atoms with Gasteiger partial charge in [0.2, 0.25) is 5.88 Å². The zero-order chi connectivity index (χ0) is 13.8. The van der Waals surface area contributed by atoms with Crippen molar-refractivity contribution in [2.24, 2.45) is 0 Å². The molecule has 0 amide bonds. The van der Waals surface area contributed by atoms with Crippen LogP contribution in [-0.2, 0) is 13.2 Å². The average molecular weight is 289 g/mol. The Kier molecular flexibility index (Phi) is 4.19.